The second-order valence-electron chi connectivity index (χ2n) is 5.87. The van der Waals surface area contributed by atoms with Crippen LogP contribution in [0.15, 0.2) is 24.3 Å². The first-order chi connectivity index (χ1) is 10.6. The van der Waals surface area contributed by atoms with Gasteiger partial charge in [0.1, 0.15) is 5.82 Å². The van der Waals surface area contributed by atoms with Crippen LogP contribution in [-0.4, -0.2) is 44.0 Å². The van der Waals surface area contributed by atoms with E-state index in [1.807, 2.05) is 19.9 Å². The van der Waals surface area contributed by atoms with Gasteiger partial charge in [-0.05, 0) is 38.1 Å². The van der Waals surface area contributed by atoms with Crippen molar-refractivity contribution in [3.8, 4) is 0 Å². The van der Waals surface area contributed by atoms with E-state index in [1.165, 1.54) is 6.07 Å². The Kier molecular flexibility index (Phi) is 4.27. The van der Waals surface area contributed by atoms with Gasteiger partial charge in [-0.3, -0.25) is 4.98 Å². The molecule has 22 heavy (non-hydrogen) atoms. The van der Waals surface area contributed by atoms with Crippen molar-refractivity contribution in [3.63, 3.8) is 0 Å². The molecular formula is C17H21FN2O2. The van der Waals surface area contributed by atoms with Crippen LogP contribution >= 0.6 is 0 Å². The normalized spacial score (nSPS) is 22.3. The zero-order valence-electron chi connectivity index (χ0n) is 13.2. The minimum atomic E-state index is -0.242. The van der Waals surface area contributed by atoms with E-state index in [4.69, 9.17) is 9.47 Å². The Morgan fingerprint density at radius 2 is 2.18 bits per heavy atom. The SMILES string of the molecule is COCC1CN(c2cc(C)nc3ccc(F)cc23)CC(C)O1. The van der Waals surface area contributed by atoms with Crippen molar-refractivity contribution in [3.05, 3.63) is 35.8 Å². The van der Waals surface area contributed by atoms with Crippen LogP contribution in [0, 0.1) is 12.7 Å². The largest absolute Gasteiger partial charge is 0.382 e. The van der Waals surface area contributed by atoms with Gasteiger partial charge in [0.05, 0.1) is 24.3 Å². The molecular weight excluding hydrogens is 283 g/mol. The fraction of sp³-hybridized carbons (Fsp3) is 0.471. The van der Waals surface area contributed by atoms with E-state index in [1.54, 1.807) is 19.2 Å². The smallest absolute Gasteiger partial charge is 0.124 e. The van der Waals surface area contributed by atoms with Gasteiger partial charge >= 0.3 is 0 Å². The number of benzene rings is 1. The van der Waals surface area contributed by atoms with E-state index in [-0.39, 0.29) is 18.0 Å². The number of anilines is 1. The number of pyridine rings is 1. The Morgan fingerprint density at radius 1 is 1.36 bits per heavy atom. The Morgan fingerprint density at radius 3 is 2.95 bits per heavy atom. The first kappa shape index (κ1) is 15.2. The van der Waals surface area contributed by atoms with Crippen LogP contribution in [0.3, 0.4) is 0 Å². The summed E-state index contributed by atoms with van der Waals surface area (Å²) >= 11 is 0. The van der Waals surface area contributed by atoms with Gasteiger partial charge in [0.15, 0.2) is 0 Å². The topological polar surface area (TPSA) is 34.6 Å². The highest BCUT2D eigenvalue weighted by Gasteiger charge is 2.26. The molecule has 0 spiro atoms. The van der Waals surface area contributed by atoms with Crippen molar-refractivity contribution in [2.75, 3.05) is 31.7 Å². The van der Waals surface area contributed by atoms with Crippen molar-refractivity contribution in [1.29, 1.82) is 0 Å². The van der Waals surface area contributed by atoms with E-state index in [9.17, 15) is 4.39 Å². The van der Waals surface area contributed by atoms with Gasteiger partial charge < -0.3 is 14.4 Å². The Labute approximate surface area is 129 Å². The lowest BCUT2D eigenvalue weighted by Gasteiger charge is -2.38. The molecule has 1 fully saturated rings. The summed E-state index contributed by atoms with van der Waals surface area (Å²) in [6, 6.07) is 6.76. The molecule has 0 bridgehead atoms. The van der Waals surface area contributed by atoms with Gasteiger partial charge in [-0.15, -0.1) is 0 Å². The van der Waals surface area contributed by atoms with Gasteiger partial charge in [-0.25, -0.2) is 4.39 Å². The first-order valence-electron chi connectivity index (χ1n) is 7.53. The number of aromatic nitrogens is 1. The fourth-order valence-electron chi connectivity index (χ4n) is 3.09. The third kappa shape index (κ3) is 3.05. The second kappa shape index (κ2) is 6.18. The zero-order chi connectivity index (χ0) is 15.7. The first-order valence-corrected chi connectivity index (χ1v) is 7.53. The maximum atomic E-state index is 13.7. The van der Waals surface area contributed by atoms with Crippen molar-refractivity contribution in [2.45, 2.75) is 26.1 Å². The minimum Gasteiger partial charge on any atom is -0.382 e. The second-order valence-corrected chi connectivity index (χ2v) is 5.87. The third-order valence-electron chi connectivity index (χ3n) is 3.90. The summed E-state index contributed by atoms with van der Waals surface area (Å²) in [5.74, 6) is -0.242. The number of nitrogens with zero attached hydrogens (tertiary/aromatic N) is 2. The van der Waals surface area contributed by atoms with Crippen molar-refractivity contribution >= 4 is 16.6 Å². The molecule has 0 aliphatic carbocycles. The number of morpholine rings is 1. The molecule has 0 amide bonds. The van der Waals surface area contributed by atoms with E-state index in [2.05, 4.69) is 9.88 Å². The number of methoxy groups -OCH3 is 1. The molecule has 1 aromatic heterocycles. The molecule has 2 atom stereocenters. The molecule has 4 nitrogen and oxygen atoms in total. The fourth-order valence-corrected chi connectivity index (χ4v) is 3.09. The Hall–Kier alpha value is -1.72. The lowest BCUT2D eigenvalue weighted by Crippen LogP contribution is -2.48. The molecule has 1 aromatic carbocycles. The quantitative estimate of drug-likeness (QED) is 0.873. The van der Waals surface area contributed by atoms with Crippen LogP contribution in [0.1, 0.15) is 12.6 Å². The van der Waals surface area contributed by atoms with E-state index in [0.29, 0.717) is 6.61 Å². The monoisotopic (exact) mass is 304 g/mol. The number of rotatable bonds is 3. The highest BCUT2D eigenvalue weighted by molar-refractivity contribution is 5.92. The van der Waals surface area contributed by atoms with Crippen LogP contribution in [0.5, 0.6) is 0 Å². The molecule has 0 radical (unpaired) electrons. The number of fused-ring (bicyclic) bond motifs is 1. The van der Waals surface area contributed by atoms with Crippen LogP contribution in [0.2, 0.25) is 0 Å². The number of hydrogen-bond acceptors (Lipinski definition) is 4. The van der Waals surface area contributed by atoms with E-state index >= 15 is 0 Å². The van der Waals surface area contributed by atoms with Crippen LogP contribution in [-0.2, 0) is 9.47 Å². The molecule has 1 aliphatic heterocycles. The number of aryl methyl sites for hydroxylation is 1. The zero-order valence-corrected chi connectivity index (χ0v) is 13.2. The molecule has 2 unspecified atom stereocenters. The molecule has 2 heterocycles. The van der Waals surface area contributed by atoms with Gasteiger partial charge in [-0.2, -0.15) is 0 Å². The average molecular weight is 304 g/mol. The summed E-state index contributed by atoms with van der Waals surface area (Å²) in [7, 11) is 1.67. The molecule has 0 saturated carbocycles. The highest BCUT2D eigenvalue weighted by atomic mass is 19.1. The van der Waals surface area contributed by atoms with Gasteiger partial charge in [0.2, 0.25) is 0 Å². The standard InChI is InChI=1S/C17H21FN2O2/c1-11-6-17(15-7-13(18)4-5-16(15)19-11)20-8-12(2)22-14(9-20)10-21-3/h4-7,12,14H,8-10H2,1-3H3. The lowest BCUT2D eigenvalue weighted by molar-refractivity contribution is -0.0510. The lowest BCUT2D eigenvalue weighted by atomic mass is 10.1. The average Bonchev–Trinajstić information content (AvgIpc) is 2.46. The van der Waals surface area contributed by atoms with Crippen LogP contribution < -0.4 is 4.90 Å². The maximum absolute atomic E-state index is 13.7. The molecule has 2 aromatic rings. The summed E-state index contributed by atoms with van der Waals surface area (Å²) in [5.41, 5.74) is 2.76. The van der Waals surface area contributed by atoms with Crippen LogP contribution in [0.25, 0.3) is 10.9 Å². The molecule has 1 aliphatic rings. The maximum Gasteiger partial charge on any atom is 0.124 e. The number of halogens is 1. The van der Waals surface area contributed by atoms with Gasteiger partial charge in [-0.1, -0.05) is 0 Å². The summed E-state index contributed by atoms with van der Waals surface area (Å²) in [5, 5.41) is 0.843. The van der Waals surface area contributed by atoms with Crippen molar-refractivity contribution < 1.29 is 13.9 Å². The molecule has 5 heteroatoms. The Bertz CT molecular complexity index is 677. The minimum absolute atomic E-state index is 0.0193. The summed E-state index contributed by atoms with van der Waals surface area (Å²) in [6.45, 7) is 6.06. The molecule has 0 N–H and O–H groups in total. The summed E-state index contributed by atoms with van der Waals surface area (Å²) in [6.07, 6.45) is 0.122. The van der Waals surface area contributed by atoms with Gasteiger partial charge in [0, 0.05) is 37.0 Å². The highest BCUT2D eigenvalue weighted by Crippen LogP contribution is 2.29. The molecule has 1 saturated heterocycles. The predicted molar refractivity (Wildman–Crippen MR) is 84.9 cm³/mol. The van der Waals surface area contributed by atoms with Crippen LogP contribution in [0.4, 0.5) is 10.1 Å². The molecule has 3 rings (SSSR count). The predicted octanol–water partition coefficient (Wildman–Crippen LogP) is 2.92. The third-order valence-corrected chi connectivity index (χ3v) is 3.90. The molecule has 118 valence electrons. The van der Waals surface area contributed by atoms with Crippen molar-refractivity contribution in [1.82, 2.24) is 4.98 Å². The van der Waals surface area contributed by atoms with Crippen molar-refractivity contribution in [2.24, 2.45) is 0 Å². The summed E-state index contributed by atoms with van der Waals surface area (Å²) in [4.78, 5) is 6.74. The van der Waals surface area contributed by atoms with E-state index in [0.717, 1.165) is 35.4 Å². The number of hydrogen-bond donors (Lipinski definition) is 0. The van der Waals surface area contributed by atoms with Gasteiger partial charge in [0.25, 0.3) is 0 Å². The Balaban J connectivity index is 2.02. The summed E-state index contributed by atoms with van der Waals surface area (Å²) < 4.78 is 24.8. The number of ether oxygens (including phenoxy) is 2. The van der Waals surface area contributed by atoms with E-state index < -0.39 is 0 Å².